The molecule has 1 aliphatic rings. The van der Waals surface area contributed by atoms with Gasteiger partial charge in [-0.3, -0.25) is 28.4 Å². The molecule has 1 saturated heterocycles. The van der Waals surface area contributed by atoms with Crippen molar-refractivity contribution in [2.75, 3.05) is 4.90 Å². The summed E-state index contributed by atoms with van der Waals surface area (Å²) in [5.74, 6) is 0.0301. The van der Waals surface area contributed by atoms with Crippen LogP contribution in [0, 0.1) is 13.8 Å². The highest BCUT2D eigenvalue weighted by Crippen LogP contribution is 2.37. The largest absolute Gasteiger partial charge is 0.438 e. The number of benzene rings is 2. The van der Waals surface area contributed by atoms with Crippen molar-refractivity contribution < 1.29 is 9.53 Å². The molecular weight excluding hydrogens is 558 g/mol. The monoisotopic (exact) mass is 581 g/mol. The Morgan fingerprint density at radius 2 is 1.59 bits per heavy atom. The van der Waals surface area contributed by atoms with Gasteiger partial charge in [0, 0.05) is 13.2 Å². The molecule has 2 aromatic carbocycles. The number of nitrogens with zero attached hydrogens (tertiary/aromatic N) is 5. The number of para-hydroxylation sites is 2. The van der Waals surface area contributed by atoms with E-state index in [0.717, 1.165) is 17.3 Å². The zero-order chi connectivity index (χ0) is 28.8. The van der Waals surface area contributed by atoms with Crippen molar-refractivity contribution in [2.24, 2.45) is 7.05 Å². The summed E-state index contributed by atoms with van der Waals surface area (Å²) in [6.45, 7) is 3.63. The lowest BCUT2D eigenvalue weighted by molar-refractivity contribution is -0.113. The van der Waals surface area contributed by atoms with Crippen LogP contribution in [0.4, 0.5) is 5.69 Å². The third kappa shape index (κ3) is 4.58. The Morgan fingerprint density at radius 1 is 0.902 bits per heavy atom. The van der Waals surface area contributed by atoms with Crippen molar-refractivity contribution in [3.8, 4) is 17.3 Å². The van der Waals surface area contributed by atoms with E-state index >= 15 is 0 Å². The number of ether oxygens (including phenoxy) is 1. The van der Waals surface area contributed by atoms with Crippen molar-refractivity contribution in [3.63, 3.8) is 0 Å². The maximum atomic E-state index is 13.8. The minimum atomic E-state index is -0.509. The van der Waals surface area contributed by atoms with Gasteiger partial charge in [0.15, 0.2) is 4.32 Å². The summed E-state index contributed by atoms with van der Waals surface area (Å²) in [6, 6.07) is 21.7. The second-order valence-corrected chi connectivity index (χ2v) is 11.1. The molecule has 0 bridgehead atoms. The Kier molecular flexibility index (Phi) is 6.68. The van der Waals surface area contributed by atoms with E-state index in [1.54, 1.807) is 43.0 Å². The van der Waals surface area contributed by atoms with Crippen molar-refractivity contribution in [2.45, 2.75) is 13.8 Å². The SMILES string of the molecule is Cc1ccc2nc(Oc3ccccc3)c(/C=C3\SC(=S)N(c4c(C)n(C)n(-c5ccccc5)c4=O)C3=O)c(=O)n2c1. The van der Waals surface area contributed by atoms with Gasteiger partial charge in [-0.05, 0) is 55.8 Å². The topological polar surface area (TPSA) is 90.8 Å². The summed E-state index contributed by atoms with van der Waals surface area (Å²) in [6.07, 6.45) is 3.12. The number of carbonyl (C=O) groups excluding carboxylic acids is 1. The number of thioether (sulfide) groups is 1. The lowest BCUT2D eigenvalue weighted by atomic mass is 10.2. The third-order valence-corrected chi connectivity index (χ3v) is 8.05. The molecule has 1 amide bonds. The van der Waals surface area contributed by atoms with Gasteiger partial charge in [0.25, 0.3) is 17.0 Å². The Balaban J connectivity index is 1.47. The molecule has 1 aliphatic heterocycles. The fourth-order valence-corrected chi connectivity index (χ4v) is 5.90. The van der Waals surface area contributed by atoms with Crippen molar-refractivity contribution >= 4 is 51.6 Å². The first kappa shape index (κ1) is 26.5. The highest BCUT2D eigenvalue weighted by molar-refractivity contribution is 8.27. The van der Waals surface area contributed by atoms with E-state index in [1.165, 1.54) is 20.1 Å². The van der Waals surface area contributed by atoms with Crippen LogP contribution in [0.2, 0.25) is 0 Å². The number of fused-ring (bicyclic) bond motifs is 1. The highest BCUT2D eigenvalue weighted by atomic mass is 32.2. The predicted molar refractivity (Wildman–Crippen MR) is 164 cm³/mol. The summed E-state index contributed by atoms with van der Waals surface area (Å²) >= 11 is 6.60. The Labute approximate surface area is 243 Å². The van der Waals surface area contributed by atoms with Gasteiger partial charge in [0.2, 0.25) is 5.88 Å². The van der Waals surface area contributed by atoms with Crippen LogP contribution in [-0.2, 0) is 11.8 Å². The lowest BCUT2D eigenvalue weighted by Gasteiger charge is -2.12. The number of hydrogen-bond donors (Lipinski definition) is 0. The van der Waals surface area contributed by atoms with E-state index in [0.29, 0.717) is 22.8 Å². The van der Waals surface area contributed by atoms with Gasteiger partial charge >= 0.3 is 0 Å². The molecule has 204 valence electrons. The van der Waals surface area contributed by atoms with Crippen molar-refractivity contribution in [3.05, 3.63) is 121 Å². The molecule has 11 heteroatoms. The molecule has 3 aromatic heterocycles. The van der Waals surface area contributed by atoms with Crippen LogP contribution in [0.25, 0.3) is 17.4 Å². The molecule has 9 nitrogen and oxygen atoms in total. The quantitative estimate of drug-likeness (QED) is 0.213. The first-order valence-electron chi connectivity index (χ1n) is 12.6. The van der Waals surface area contributed by atoms with E-state index in [-0.39, 0.29) is 31.9 Å². The number of amides is 1. The van der Waals surface area contributed by atoms with E-state index in [9.17, 15) is 14.4 Å². The molecule has 41 heavy (non-hydrogen) atoms. The minimum Gasteiger partial charge on any atom is -0.438 e. The van der Waals surface area contributed by atoms with Gasteiger partial charge in [-0.1, -0.05) is 66.4 Å². The summed E-state index contributed by atoms with van der Waals surface area (Å²) in [4.78, 5) is 47.1. The van der Waals surface area contributed by atoms with Crippen LogP contribution in [0.3, 0.4) is 0 Å². The van der Waals surface area contributed by atoms with Crippen LogP contribution in [0.5, 0.6) is 11.6 Å². The molecule has 0 unspecified atom stereocenters. The van der Waals surface area contributed by atoms with Gasteiger partial charge < -0.3 is 4.74 Å². The van der Waals surface area contributed by atoms with Gasteiger partial charge in [-0.25, -0.2) is 4.68 Å². The smallest absolute Gasteiger partial charge is 0.296 e. The summed E-state index contributed by atoms with van der Waals surface area (Å²) in [5.41, 5.74) is 1.94. The molecule has 0 atom stereocenters. The standard InChI is InChI=1S/C30H23N5O4S2/c1-18-14-15-24-31-26(39-21-12-8-5-9-13-21)22(27(36)33(24)17-18)16-23-28(37)34(30(40)41-23)25-19(2)32(3)35(29(25)38)20-10-6-4-7-11-20/h4-17H,1-3H3/b23-16-. The third-order valence-electron chi connectivity index (χ3n) is 6.74. The number of thiocarbonyl (C=S) groups is 1. The Hall–Kier alpha value is -4.74. The molecule has 1 fully saturated rings. The molecule has 4 heterocycles. The molecule has 0 N–H and O–H groups in total. The minimum absolute atomic E-state index is 0.0534. The number of aryl methyl sites for hydroxylation is 1. The Bertz CT molecular complexity index is 2010. The van der Waals surface area contributed by atoms with Crippen molar-refractivity contribution in [1.29, 1.82) is 0 Å². The fourth-order valence-electron chi connectivity index (χ4n) is 4.64. The first-order valence-corrected chi connectivity index (χ1v) is 13.8. The highest BCUT2D eigenvalue weighted by Gasteiger charge is 2.38. The maximum Gasteiger partial charge on any atom is 0.296 e. The number of aromatic nitrogens is 4. The molecule has 6 rings (SSSR count). The van der Waals surface area contributed by atoms with E-state index in [4.69, 9.17) is 17.0 Å². The van der Waals surface area contributed by atoms with Gasteiger partial charge in [0.1, 0.15) is 22.6 Å². The zero-order valence-electron chi connectivity index (χ0n) is 22.3. The average molecular weight is 582 g/mol. The fraction of sp³-hybridized carbons (Fsp3) is 0.100. The lowest BCUT2D eigenvalue weighted by Crippen LogP contribution is -2.33. The molecule has 0 aliphatic carbocycles. The van der Waals surface area contributed by atoms with E-state index in [1.807, 2.05) is 61.5 Å². The molecule has 0 saturated carbocycles. The average Bonchev–Trinajstić information content (AvgIpc) is 3.36. The van der Waals surface area contributed by atoms with Crippen LogP contribution in [0.1, 0.15) is 16.8 Å². The Morgan fingerprint density at radius 3 is 2.29 bits per heavy atom. The molecule has 5 aromatic rings. The van der Waals surface area contributed by atoms with E-state index < -0.39 is 11.5 Å². The van der Waals surface area contributed by atoms with Gasteiger partial charge in [-0.2, -0.15) is 4.98 Å². The van der Waals surface area contributed by atoms with Crippen LogP contribution < -0.4 is 20.8 Å². The normalized spacial score (nSPS) is 14.4. The number of rotatable bonds is 5. The predicted octanol–water partition coefficient (Wildman–Crippen LogP) is 5.00. The van der Waals surface area contributed by atoms with E-state index in [2.05, 4.69) is 4.98 Å². The second kappa shape index (κ2) is 10.3. The first-order chi connectivity index (χ1) is 19.7. The molecule has 0 spiro atoms. The molecule has 0 radical (unpaired) electrons. The van der Waals surface area contributed by atoms with Crippen LogP contribution >= 0.6 is 24.0 Å². The van der Waals surface area contributed by atoms with Gasteiger partial charge in [0.05, 0.1) is 16.3 Å². The van der Waals surface area contributed by atoms with Gasteiger partial charge in [-0.15, -0.1) is 0 Å². The number of carbonyl (C=O) groups is 1. The van der Waals surface area contributed by atoms with Crippen LogP contribution in [0.15, 0.2) is 93.5 Å². The van der Waals surface area contributed by atoms with Crippen molar-refractivity contribution in [1.82, 2.24) is 18.7 Å². The zero-order valence-corrected chi connectivity index (χ0v) is 23.9. The summed E-state index contributed by atoms with van der Waals surface area (Å²) in [7, 11) is 1.75. The second-order valence-electron chi connectivity index (χ2n) is 9.41. The number of hydrogen-bond acceptors (Lipinski definition) is 7. The van der Waals surface area contributed by atoms with Crippen LogP contribution in [-0.4, -0.2) is 29.0 Å². The number of anilines is 1. The molecular formula is C30H23N5O4S2. The summed E-state index contributed by atoms with van der Waals surface area (Å²) in [5, 5.41) is 0. The number of pyridine rings is 1. The summed E-state index contributed by atoms with van der Waals surface area (Å²) < 4.78 is 10.8. The maximum absolute atomic E-state index is 13.8.